The van der Waals surface area contributed by atoms with E-state index >= 15 is 0 Å². The number of aromatic nitrogens is 4. The molecule has 1 saturated heterocycles. The number of amides is 1. The van der Waals surface area contributed by atoms with Crippen LogP contribution in [0.15, 0.2) is 36.8 Å². The molecule has 1 atom stereocenters. The highest BCUT2D eigenvalue weighted by Crippen LogP contribution is 2.16. The Hall–Kier alpha value is -2.44. The van der Waals surface area contributed by atoms with Crippen LogP contribution in [0.4, 0.5) is 0 Å². The fraction of sp³-hybridized carbons (Fsp3) is 0.385. The van der Waals surface area contributed by atoms with Gasteiger partial charge in [-0.25, -0.2) is 0 Å². The Kier molecular flexibility index (Phi) is 3.58. The molecule has 0 aromatic carbocycles. The number of hydrogen-bond acceptors (Lipinski definition) is 5. The van der Waals surface area contributed by atoms with Gasteiger partial charge in [0.15, 0.2) is 0 Å². The lowest BCUT2D eigenvalue weighted by Crippen LogP contribution is -2.33. The molecular weight excluding hydrogens is 258 g/mol. The first kappa shape index (κ1) is 12.6. The van der Waals surface area contributed by atoms with Crippen LogP contribution < -0.4 is 4.74 Å². The Morgan fingerprint density at radius 3 is 3.10 bits per heavy atom. The number of hydrogen-bond donors (Lipinski definition) is 0. The molecule has 104 valence electrons. The molecule has 1 amide bonds. The van der Waals surface area contributed by atoms with E-state index in [9.17, 15) is 4.79 Å². The molecule has 0 N–H and O–H groups in total. The molecule has 7 nitrogen and oxygen atoms in total. The van der Waals surface area contributed by atoms with Gasteiger partial charge in [0, 0.05) is 37.6 Å². The first-order valence-corrected chi connectivity index (χ1v) is 6.51. The first-order valence-electron chi connectivity index (χ1n) is 6.51. The summed E-state index contributed by atoms with van der Waals surface area (Å²) in [5, 5.41) is 11.7. The molecule has 0 spiro atoms. The largest absolute Gasteiger partial charge is 0.471 e. The maximum Gasteiger partial charge on any atom is 0.244 e. The zero-order valence-electron chi connectivity index (χ0n) is 10.9. The SMILES string of the molecule is O=C(Cn1cccn1)N1CC[C@H](Oc2cccnn2)C1. The third kappa shape index (κ3) is 2.93. The quantitative estimate of drug-likeness (QED) is 0.804. The van der Waals surface area contributed by atoms with E-state index in [0.29, 0.717) is 19.0 Å². The van der Waals surface area contributed by atoms with E-state index in [2.05, 4.69) is 15.3 Å². The molecule has 3 heterocycles. The number of likely N-dealkylation sites (tertiary alicyclic amines) is 1. The lowest BCUT2D eigenvalue weighted by Gasteiger charge is -2.16. The second kappa shape index (κ2) is 5.68. The van der Waals surface area contributed by atoms with Gasteiger partial charge >= 0.3 is 0 Å². The molecule has 2 aromatic rings. The number of ether oxygens (including phenoxy) is 1. The van der Waals surface area contributed by atoms with Crippen molar-refractivity contribution in [3.8, 4) is 5.88 Å². The monoisotopic (exact) mass is 273 g/mol. The van der Waals surface area contributed by atoms with E-state index in [1.54, 1.807) is 46.4 Å². The van der Waals surface area contributed by atoms with Crippen LogP contribution in [-0.2, 0) is 11.3 Å². The van der Waals surface area contributed by atoms with Crippen LogP contribution in [0.3, 0.4) is 0 Å². The Labute approximate surface area is 116 Å². The van der Waals surface area contributed by atoms with Crippen LogP contribution >= 0.6 is 0 Å². The fourth-order valence-corrected chi connectivity index (χ4v) is 2.20. The zero-order chi connectivity index (χ0) is 13.8. The minimum atomic E-state index is -0.0201. The third-order valence-corrected chi connectivity index (χ3v) is 3.19. The van der Waals surface area contributed by atoms with Crippen molar-refractivity contribution >= 4 is 5.91 Å². The number of carbonyl (C=O) groups is 1. The normalized spacial score (nSPS) is 18.2. The van der Waals surface area contributed by atoms with Crippen LogP contribution in [0.25, 0.3) is 0 Å². The third-order valence-electron chi connectivity index (χ3n) is 3.19. The summed E-state index contributed by atoms with van der Waals surface area (Å²) < 4.78 is 7.33. The van der Waals surface area contributed by atoms with E-state index in [4.69, 9.17) is 4.74 Å². The van der Waals surface area contributed by atoms with E-state index in [-0.39, 0.29) is 18.6 Å². The van der Waals surface area contributed by atoms with Crippen molar-refractivity contribution in [3.05, 3.63) is 36.8 Å². The summed E-state index contributed by atoms with van der Waals surface area (Å²) in [6, 6.07) is 5.34. The summed E-state index contributed by atoms with van der Waals surface area (Å²) in [4.78, 5) is 13.9. The van der Waals surface area contributed by atoms with Crippen molar-refractivity contribution in [2.45, 2.75) is 19.1 Å². The number of carbonyl (C=O) groups excluding carboxylic acids is 1. The average molecular weight is 273 g/mol. The molecule has 0 saturated carbocycles. The van der Waals surface area contributed by atoms with Gasteiger partial charge in [-0.2, -0.15) is 10.2 Å². The molecular formula is C13H15N5O2. The molecule has 1 aliphatic heterocycles. The van der Waals surface area contributed by atoms with Gasteiger partial charge in [0.2, 0.25) is 11.8 Å². The summed E-state index contributed by atoms with van der Waals surface area (Å²) in [5.41, 5.74) is 0. The molecule has 0 aliphatic carbocycles. The minimum absolute atomic E-state index is 0.0201. The molecule has 7 heteroatoms. The zero-order valence-corrected chi connectivity index (χ0v) is 10.9. The predicted octanol–water partition coefficient (Wildman–Crippen LogP) is 0.353. The summed E-state index contributed by atoms with van der Waals surface area (Å²) >= 11 is 0. The first-order chi connectivity index (χ1) is 9.81. The predicted molar refractivity (Wildman–Crippen MR) is 69.9 cm³/mol. The summed E-state index contributed by atoms with van der Waals surface area (Å²) in [7, 11) is 0. The topological polar surface area (TPSA) is 73.1 Å². The van der Waals surface area contributed by atoms with Crippen LogP contribution in [0.5, 0.6) is 5.88 Å². The molecule has 0 radical (unpaired) electrons. The van der Waals surface area contributed by atoms with Gasteiger partial charge in [0.1, 0.15) is 12.6 Å². The van der Waals surface area contributed by atoms with E-state index in [1.165, 1.54) is 0 Å². The molecule has 20 heavy (non-hydrogen) atoms. The highest BCUT2D eigenvalue weighted by atomic mass is 16.5. The Morgan fingerprint density at radius 1 is 1.40 bits per heavy atom. The van der Waals surface area contributed by atoms with Gasteiger partial charge in [-0.05, 0) is 12.1 Å². The van der Waals surface area contributed by atoms with Crippen LogP contribution in [0, 0.1) is 0 Å². The van der Waals surface area contributed by atoms with Crippen LogP contribution in [-0.4, -0.2) is 50.0 Å². The van der Waals surface area contributed by atoms with Gasteiger partial charge in [-0.3, -0.25) is 9.48 Å². The lowest BCUT2D eigenvalue weighted by molar-refractivity contribution is -0.131. The van der Waals surface area contributed by atoms with Crippen LogP contribution in [0.1, 0.15) is 6.42 Å². The van der Waals surface area contributed by atoms with E-state index < -0.39 is 0 Å². The van der Waals surface area contributed by atoms with Crippen molar-refractivity contribution in [3.63, 3.8) is 0 Å². The molecule has 0 unspecified atom stereocenters. The van der Waals surface area contributed by atoms with Crippen molar-refractivity contribution in [1.29, 1.82) is 0 Å². The van der Waals surface area contributed by atoms with Gasteiger partial charge in [0.05, 0.1) is 6.54 Å². The van der Waals surface area contributed by atoms with Gasteiger partial charge in [-0.1, -0.05) is 0 Å². The average Bonchev–Trinajstić information content (AvgIpc) is 3.11. The summed E-state index contributed by atoms with van der Waals surface area (Å²) in [6.07, 6.45) is 5.83. The smallest absolute Gasteiger partial charge is 0.244 e. The standard InChI is InChI=1S/C13H15N5O2/c19-13(10-18-7-2-6-15-18)17-8-4-11(9-17)20-12-3-1-5-14-16-12/h1-3,5-7,11H,4,8-10H2/t11-/m0/s1. The Balaban J connectivity index is 1.53. The molecule has 2 aromatic heterocycles. The molecule has 0 bridgehead atoms. The second-order valence-electron chi connectivity index (χ2n) is 4.63. The van der Waals surface area contributed by atoms with Crippen molar-refractivity contribution in [1.82, 2.24) is 24.9 Å². The van der Waals surface area contributed by atoms with Gasteiger partial charge in [-0.15, -0.1) is 5.10 Å². The van der Waals surface area contributed by atoms with Crippen molar-refractivity contribution in [2.24, 2.45) is 0 Å². The van der Waals surface area contributed by atoms with Gasteiger partial charge < -0.3 is 9.64 Å². The van der Waals surface area contributed by atoms with E-state index in [1.807, 2.05) is 0 Å². The second-order valence-corrected chi connectivity index (χ2v) is 4.63. The van der Waals surface area contributed by atoms with Crippen molar-refractivity contribution < 1.29 is 9.53 Å². The maximum atomic E-state index is 12.1. The van der Waals surface area contributed by atoms with Crippen molar-refractivity contribution in [2.75, 3.05) is 13.1 Å². The minimum Gasteiger partial charge on any atom is -0.471 e. The highest BCUT2D eigenvalue weighted by Gasteiger charge is 2.27. The van der Waals surface area contributed by atoms with Gasteiger partial charge in [0.25, 0.3) is 0 Å². The van der Waals surface area contributed by atoms with E-state index in [0.717, 1.165) is 6.42 Å². The summed E-state index contributed by atoms with van der Waals surface area (Å²) in [5.74, 6) is 0.554. The number of rotatable bonds is 4. The Bertz CT molecular complexity index is 557. The lowest BCUT2D eigenvalue weighted by atomic mass is 10.3. The molecule has 1 fully saturated rings. The number of nitrogens with zero attached hydrogens (tertiary/aromatic N) is 5. The maximum absolute atomic E-state index is 12.1. The Morgan fingerprint density at radius 2 is 2.35 bits per heavy atom. The molecule has 1 aliphatic rings. The summed E-state index contributed by atoms with van der Waals surface area (Å²) in [6.45, 7) is 1.55. The fourth-order valence-electron chi connectivity index (χ4n) is 2.20. The molecule has 3 rings (SSSR count). The highest BCUT2D eigenvalue weighted by molar-refractivity contribution is 5.76. The van der Waals surface area contributed by atoms with Crippen LogP contribution in [0.2, 0.25) is 0 Å².